The second-order valence-corrected chi connectivity index (χ2v) is 8.31. The minimum Gasteiger partial charge on any atom is -0.307 e. The summed E-state index contributed by atoms with van der Waals surface area (Å²) in [6.07, 6.45) is 6.25. The van der Waals surface area contributed by atoms with Gasteiger partial charge in [0, 0.05) is 23.2 Å². The topological polar surface area (TPSA) is 24.1 Å². The van der Waals surface area contributed by atoms with E-state index in [-0.39, 0.29) is 11.1 Å². The van der Waals surface area contributed by atoms with Crippen molar-refractivity contribution in [1.29, 1.82) is 0 Å². The third-order valence-electron chi connectivity index (χ3n) is 5.00. The fourth-order valence-corrected chi connectivity index (χ4v) is 4.65. The lowest BCUT2D eigenvalue weighted by Gasteiger charge is -2.48. The first-order valence-corrected chi connectivity index (χ1v) is 8.48. The van der Waals surface area contributed by atoms with Gasteiger partial charge in [0.25, 0.3) is 0 Å². The van der Waals surface area contributed by atoms with Gasteiger partial charge in [0.05, 0.1) is 0 Å². The molecule has 116 valence electrons. The first-order chi connectivity index (χ1) is 9.85. The molecule has 1 aliphatic carbocycles. The van der Waals surface area contributed by atoms with Crippen LogP contribution in [0.1, 0.15) is 70.5 Å². The van der Waals surface area contributed by atoms with Gasteiger partial charge in [-0.1, -0.05) is 24.3 Å². The van der Waals surface area contributed by atoms with Crippen molar-refractivity contribution in [2.45, 2.75) is 83.0 Å². The number of fused-ring (bicyclic) bond motifs is 1. The van der Waals surface area contributed by atoms with Gasteiger partial charge in [0.15, 0.2) is 0 Å². The maximum absolute atomic E-state index is 3.99. The summed E-state index contributed by atoms with van der Waals surface area (Å²) in [4.78, 5) is 0. The molecule has 1 fully saturated rings. The van der Waals surface area contributed by atoms with E-state index in [0.29, 0.717) is 12.1 Å². The molecule has 2 heteroatoms. The fraction of sp³-hybridized carbons (Fsp3) is 0.684. The Bertz CT molecular complexity index is 488. The average Bonchev–Trinajstić information content (AvgIpc) is 2.35. The summed E-state index contributed by atoms with van der Waals surface area (Å²) in [7, 11) is 0. The van der Waals surface area contributed by atoms with Crippen molar-refractivity contribution in [3.8, 4) is 0 Å². The van der Waals surface area contributed by atoms with Crippen molar-refractivity contribution in [2.24, 2.45) is 0 Å². The van der Waals surface area contributed by atoms with Gasteiger partial charge >= 0.3 is 0 Å². The Kier molecular flexibility index (Phi) is 3.87. The lowest BCUT2D eigenvalue weighted by Crippen LogP contribution is -2.61. The monoisotopic (exact) mass is 286 g/mol. The summed E-state index contributed by atoms with van der Waals surface area (Å²) in [6, 6.07) is 10.1. The van der Waals surface area contributed by atoms with Crippen LogP contribution < -0.4 is 10.6 Å². The summed E-state index contributed by atoms with van der Waals surface area (Å²) >= 11 is 0. The van der Waals surface area contributed by atoms with E-state index in [1.54, 1.807) is 5.56 Å². The molecule has 2 N–H and O–H groups in total. The van der Waals surface area contributed by atoms with Crippen LogP contribution >= 0.6 is 0 Å². The molecule has 2 aliphatic rings. The number of aryl methyl sites for hydroxylation is 1. The lowest BCUT2D eigenvalue weighted by atomic mass is 9.78. The van der Waals surface area contributed by atoms with Gasteiger partial charge in [0.1, 0.15) is 0 Å². The van der Waals surface area contributed by atoms with Gasteiger partial charge in [-0.3, -0.25) is 0 Å². The van der Waals surface area contributed by atoms with Crippen LogP contribution in [0.25, 0.3) is 0 Å². The standard InChI is InChI=1S/C19H30N2/c1-18(2)12-15(13-19(3,4)21-18)20-17-11-7-9-14-8-5-6-10-16(14)17/h5-6,8,10,15,17,20-21H,7,9,11-13H2,1-4H3. The Hall–Kier alpha value is -0.860. The third-order valence-corrected chi connectivity index (χ3v) is 5.00. The molecule has 1 aromatic carbocycles. The van der Waals surface area contributed by atoms with Crippen LogP contribution in [0, 0.1) is 0 Å². The molecular weight excluding hydrogens is 256 g/mol. The van der Waals surface area contributed by atoms with E-state index >= 15 is 0 Å². The van der Waals surface area contributed by atoms with Crippen LogP contribution in [-0.4, -0.2) is 17.1 Å². The van der Waals surface area contributed by atoms with Crippen LogP contribution in [-0.2, 0) is 6.42 Å². The largest absolute Gasteiger partial charge is 0.307 e. The van der Waals surface area contributed by atoms with Gasteiger partial charge < -0.3 is 10.6 Å². The number of nitrogens with one attached hydrogen (secondary N) is 2. The van der Waals surface area contributed by atoms with E-state index < -0.39 is 0 Å². The van der Waals surface area contributed by atoms with Crippen molar-refractivity contribution < 1.29 is 0 Å². The average molecular weight is 286 g/mol. The predicted molar refractivity (Wildman–Crippen MR) is 89.6 cm³/mol. The zero-order chi connectivity index (χ0) is 15.1. The quantitative estimate of drug-likeness (QED) is 0.860. The highest BCUT2D eigenvalue weighted by atomic mass is 15.1. The van der Waals surface area contributed by atoms with Crippen molar-refractivity contribution in [3.05, 3.63) is 35.4 Å². The molecule has 1 aliphatic heterocycles. The van der Waals surface area contributed by atoms with Gasteiger partial charge in [-0.05, 0) is 70.9 Å². The molecule has 1 atom stereocenters. The van der Waals surface area contributed by atoms with E-state index in [1.807, 2.05) is 0 Å². The summed E-state index contributed by atoms with van der Waals surface area (Å²) < 4.78 is 0. The molecular formula is C19H30N2. The van der Waals surface area contributed by atoms with E-state index in [4.69, 9.17) is 0 Å². The number of hydrogen-bond acceptors (Lipinski definition) is 2. The molecule has 2 nitrogen and oxygen atoms in total. The van der Waals surface area contributed by atoms with Crippen molar-refractivity contribution in [2.75, 3.05) is 0 Å². The Morgan fingerprint density at radius 2 is 1.71 bits per heavy atom. The molecule has 0 aromatic heterocycles. The van der Waals surface area contributed by atoms with Crippen LogP contribution in [0.3, 0.4) is 0 Å². The van der Waals surface area contributed by atoms with Crippen LogP contribution in [0.5, 0.6) is 0 Å². The molecule has 0 bridgehead atoms. The molecule has 1 aromatic rings. The van der Waals surface area contributed by atoms with Gasteiger partial charge in [-0.25, -0.2) is 0 Å². The first-order valence-electron chi connectivity index (χ1n) is 8.48. The third kappa shape index (κ3) is 3.49. The highest BCUT2D eigenvalue weighted by Crippen LogP contribution is 2.34. The Morgan fingerprint density at radius 3 is 2.43 bits per heavy atom. The molecule has 0 radical (unpaired) electrons. The number of piperidine rings is 1. The predicted octanol–water partition coefficient (Wildman–Crippen LogP) is 3.96. The zero-order valence-corrected chi connectivity index (χ0v) is 14.0. The van der Waals surface area contributed by atoms with Gasteiger partial charge in [-0.2, -0.15) is 0 Å². The number of hydrogen-bond donors (Lipinski definition) is 2. The molecule has 1 unspecified atom stereocenters. The minimum atomic E-state index is 0.216. The molecule has 1 heterocycles. The zero-order valence-electron chi connectivity index (χ0n) is 14.0. The van der Waals surface area contributed by atoms with Gasteiger partial charge in [0.2, 0.25) is 0 Å². The summed E-state index contributed by atoms with van der Waals surface area (Å²) in [5.74, 6) is 0. The van der Waals surface area contributed by atoms with Crippen LogP contribution in [0.2, 0.25) is 0 Å². The molecule has 3 rings (SSSR count). The molecule has 21 heavy (non-hydrogen) atoms. The van der Waals surface area contributed by atoms with Gasteiger partial charge in [-0.15, -0.1) is 0 Å². The maximum atomic E-state index is 3.99. The molecule has 1 saturated heterocycles. The highest BCUT2D eigenvalue weighted by molar-refractivity contribution is 5.32. The van der Waals surface area contributed by atoms with E-state index in [0.717, 1.165) is 0 Å². The smallest absolute Gasteiger partial charge is 0.0325 e. The summed E-state index contributed by atoms with van der Waals surface area (Å²) in [6.45, 7) is 9.32. The second-order valence-electron chi connectivity index (χ2n) is 8.31. The lowest BCUT2D eigenvalue weighted by molar-refractivity contribution is 0.137. The van der Waals surface area contributed by atoms with Crippen LogP contribution in [0.4, 0.5) is 0 Å². The van der Waals surface area contributed by atoms with Crippen molar-refractivity contribution in [1.82, 2.24) is 10.6 Å². The first kappa shape index (κ1) is 15.1. The fourth-order valence-electron chi connectivity index (χ4n) is 4.65. The van der Waals surface area contributed by atoms with E-state index in [1.165, 1.54) is 37.7 Å². The van der Waals surface area contributed by atoms with Crippen molar-refractivity contribution >= 4 is 0 Å². The van der Waals surface area contributed by atoms with Crippen molar-refractivity contribution in [3.63, 3.8) is 0 Å². The number of rotatable bonds is 2. The van der Waals surface area contributed by atoms with Crippen LogP contribution in [0.15, 0.2) is 24.3 Å². The number of benzene rings is 1. The Balaban J connectivity index is 1.75. The Labute approximate surface area is 129 Å². The molecule has 0 amide bonds. The minimum absolute atomic E-state index is 0.216. The SMILES string of the molecule is CC1(C)CC(NC2CCCc3ccccc32)CC(C)(C)N1. The molecule has 0 saturated carbocycles. The maximum Gasteiger partial charge on any atom is 0.0325 e. The second kappa shape index (κ2) is 5.40. The summed E-state index contributed by atoms with van der Waals surface area (Å²) in [5, 5.41) is 7.76. The highest BCUT2D eigenvalue weighted by Gasteiger charge is 2.38. The van der Waals surface area contributed by atoms with E-state index in [9.17, 15) is 0 Å². The molecule has 0 spiro atoms. The summed E-state index contributed by atoms with van der Waals surface area (Å²) in [5.41, 5.74) is 3.52. The Morgan fingerprint density at radius 1 is 1.05 bits per heavy atom. The normalized spacial score (nSPS) is 28.1. The van der Waals surface area contributed by atoms with E-state index in [2.05, 4.69) is 62.6 Å².